The number of guanidine groups is 1. The van der Waals surface area contributed by atoms with Crippen molar-refractivity contribution in [3.8, 4) is 0 Å². The number of aliphatic imine (C=N–C) groups is 1. The Bertz CT molecular complexity index is 282. The Balaban J connectivity index is 0.00000121. The van der Waals surface area contributed by atoms with Gasteiger partial charge in [-0.25, -0.2) is 4.99 Å². The molecule has 0 aliphatic carbocycles. The lowest BCUT2D eigenvalue weighted by Crippen LogP contribution is -2.21. The standard InChI is InChI=1S/C7H8ClN3.ClH/c8-5-2-1-3-6(4-5)11-7(9)10;/h1-4H,(H4,9,10,11);1H. The highest BCUT2D eigenvalue weighted by atomic mass is 35.5. The Hall–Kier alpha value is -0.930. The summed E-state index contributed by atoms with van der Waals surface area (Å²) in [5.74, 6) is 0.0345. The Kier molecular flexibility index (Phi) is 4.47. The van der Waals surface area contributed by atoms with E-state index < -0.39 is 0 Å². The van der Waals surface area contributed by atoms with Crippen LogP contribution in [0, 0.1) is 0 Å². The second-order valence-corrected chi connectivity index (χ2v) is 2.45. The summed E-state index contributed by atoms with van der Waals surface area (Å²) in [5.41, 5.74) is 11.0. The predicted octanol–water partition coefficient (Wildman–Crippen LogP) is 1.67. The maximum atomic E-state index is 5.68. The van der Waals surface area contributed by atoms with E-state index in [4.69, 9.17) is 23.1 Å². The highest BCUT2D eigenvalue weighted by Gasteiger charge is 1.90. The van der Waals surface area contributed by atoms with Gasteiger partial charge in [0.05, 0.1) is 5.69 Å². The molecule has 0 fully saturated rings. The van der Waals surface area contributed by atoms with Crippen LogP contribution in [-0.2, 0) is 0 Å². The van der Waals surface area contributed by atoms with Gasteiger partial charge in [0.2, 0.25) is 0 Å². The lowest BCUT2D eigenvalue weighted by molar-refractivity contribution is 1.42. The molecule has 5 heteroatoms. The van der Waals surface area contributed by atoms with Gasteiger partial charge in [-0.2, -0.15) is 0 Å². The number of nitrogens with zero attached hydrogens (tertiary/aromatic N) is 1. The number of hydrogen-bond acceptors (Lipinski definition) is 1. The van der Waals surface area contributed by atoms with E-state index in [1.807, 2.05) is 0 Å². The van der Waals surface area contributed by atoms with Crippen molar-refractivity contribution in [3.63, 3.8) is 0 Å². The Morgan fingerprint density at radius 2 is 2.00 bits per heavy atom. The largest absolute Gasteiger partial charge is 0.370 e. The van der Waals surface area contributed by atoms with Crippen LogP contribution in [0.1, 0.15) is 0 Å². The van der Waals surface area contributed by atoms with E-state index in [9.17, 15) is 0 Å². The van der Waals surface area contributed by atoms with Crippen molar-refractivity contribution in [2.24, 2.45) is 16.5 Å². The first-order chi connectivity index (χ1) is 5.18. The van der Waals surface area contributed by atoms with Gasteiger partial charge in [0, 0.05) is 5.02 Å². The number of rotatable bonds is 1. The van der Waals surface area contributed by atoms with Crippen molar-refractivity contribution in [1.29, 1.82) is 0 Å². The molecule has 12 heavy (non-hydrogen) atoms. The summed E-state index contributed by atoms with van der Waals surface area (Å²) in [5, 5.41) is 0.618. The number of benzene rings is 1. The van der Waals surface area contributed by atoms with Gasteiger partial charge < -0.3 is 11.5 Å². The molecule has 1 aromatic carbocycles. The zero-order chi connectivity index (χ0) is 8.27. The van der Waals surface area contributed by atoms with Gasteiger partial charge in [-0.1, -0.05) is 17.7 Å². The normalized spacial score (nSPS) is 8.42. The summed E-state index contributed by atoms with van der Waals surface area (Å²) in [6, 6.07) is 6.99. The van der Waals surface area contributed by atoms with E-state index in [-0.39, 0.29) is 18.4 Å². The minimum Gasteiger partial charge on any atom is -0.370 e. The summed E-state index contributed by atoms with van der Waals surface area (Å²) < 4.78 is 0. The third-order valence-electron chi connectivity index (χ3n) is 1.07. The van der Waals surface area contributed by atoms with Crippen molar-refractivity contribution >= 4 is 35.7 Å². The van der Waals surface area contributed by atoms with Crippen LogP contribution in [0.25, 0.3) is 0 Å². The average molecular weight is 206 g/mol. The second kappa shape index (κ2) is 4.85. The predicted molar refractivity (Wildman–Crippen MR) is 54.2 cm³/mol. The lowest BCUT2D eigenvalue weighted by atomic mass is 10.3. The Morgan fingerprint density at radius 1 is 1.33 bits per heavy atom. The molecule has 0 aromatic heterocycles. The average Bonchev–Trinajstić information content (AvgIpc) is 1.85. The molecule has 1 aromatic rings. The van der Waals surface area contributed by atoms with E-state index in [1.165, 1.54) is 0 Å². The smallest absolute Gasteiger partial charge is 0.191 e. The molecule has 0 radical (unpaired) electrons. The minimum atomic E-state index is 0. The molecular weight excluding hydrogens is 197 g/mol. The van der Waals surface area contributed by atoms with Crippen molar-refractivity contribution in [1.82, 2.24) is 0 Å². The van der Waals surface area contributed by atoms with Crippen LogP contribution >= 0.6 is 24.0 Å². The number of nitrogens with two attached hydrogens (primary N) is 2. The van der Waals surface area contributed by atoms with Crippen LogP contribution in [0.5, 0.6) is 0 Å². The molecular formula is C7H9Cl2N3. The van der Waals surface area contributed by atoms with Crippen LogP contribution in [0.3, 0.4) is 0 Å². The first-order valence-corrected chi connectivity index (χ1v) is 3.41. The fourth-order valence-electron chi connectivity index (χ4n) is 0.695. The van der Waals surface area contributed by atoms with E-state index in [0.29, 0.717) is 10.7 Å². The molecule has 0 aliphatic heterocycles. The fraction of sp³-hybridized carbons (Fsp3) is 0. The highest BCUT2D eigenvalue weighted by Crippen LogP contribution is 2.16. The third kappa shape index (κ3) is 3.46. The van der Waals surface area contributed by atoms with Gasteiger partial charge in [-0.15, -0.1) is 12.4 Å². The quantitative estimate of drug-likeness (QED) is 0.542. The highest BCUT2D eigenvalue weighted by molar-refractivity contribution is 6.30. The molecule has 0 saturated carbocycles. The zero-order valence-electron chi connectivity index (χ0n) is 6.20. The van der Waals surface area contributed by atoms with Gasteiger partial charge >= 0.3 is 0 Å². The van der Waals surface area contributed by atoms with Gasteiger partial charge in [-0.3, -0.25) is 0 Å². The van der Waals surface area contributed by atoms with Crippen molar-refractivity contribution < 1.29 is 0 Å². The maximum Gasteiger partial charge on any atom is 0.191 e. The van der Waals surface area contributed by atoms with Crippen LogP contribution in [0.15, 0.2) is 29.3 Å². The van der Waals surface area contributed by atoms with Gasteiger partial charge in [-0.05, 0) is 18.2 Å². The number of hydrogen-bond donors (Lipinski definition) is 2. The van der Waals surface area contributed by atoms with Gasteiger partial charge in [0.25, 0.3) is 0 Å². The summed E-state index contributed by atoms with van der Waals surface area (Å²) in [7, 11) is 0. The summed E-state index contributed by atoms with van der Waals surface area (Å²) in [4.78, 5) is 3.81. The Morgan fingerprint density at radius 3 is 2.50 bits per heavy atom. The van der Waals surface area contributed by atoms with E-state index in [2.05, 4.69) is 4.99 Å². The molecule has 0 aliphatic rings. The number of halogens is 2. The summed E-state index contributed by atoms with van der Waals surface area (Å²) in [6.07, 6.45) is 0. The molecule has 0 atom stereocenters. The molecule has 1 rings (SSSR count). The lowest BCUT2D eigenvalue weighted by Gasteiger charge is -1.94. The molecule has 0 unspecified atom stereocenters. The van der Waals surface area contributed by atoms with Gasteiger partial charge in [0.15, 0.2) is 5.96 Å². The second-order valence-electron chi connectivity index (χ2n) is 2.02. The van der Waals surface area contributed by atoms with Crippen molar-refractivity contribution in [3.05, 3.63) is 29.3 Å². The molecule has 3 nitrogen and oxygen atoms in total. The zero-order valence-corrected chi connectivity index (χ0v) is 7.77. The third-order valence-corrected chi connectivity index (χ3v) is 1.30. The first-order valence-electron chi connectivity index (χ1n) is 3.03. The summed E-state index contributed by atoms with van der Waals surface area (Å²) >= 11 is 5.68. The minimum absolute atomic E-state index is 0. The van der Waals surface area contributed by atoms with Crippen molar-refractivity contribution in [2.45, 2.75) is 0 Å². The monoisotopic (exact) mass is 205 g/mol. The molecule has 66 valence electrons. The van der Waals surface area contributed by atoms with Crippen LogP contribution in [0.4, 0.5) is 5.69 Å². The molecule has 0 amide bonds. The molecule has 4 N–H and O–H groups in total. The Labute approximate surface area is 81.8 Å². The SMILES string of the molecule is Cl.NC(N)=Nc1cccc(Cl)c1. The molecule has 0 bridgehead atoms. The fourth-order valence-corrected chi connectivity index (χ4v) is 0.879. The molecule has 0 heterocycles. The van der Waals surface area contributed by atoms with E-state index >= 15 is 0 Å². The first kappa shape index (κ1) is 11.1. The van der Waals surface area contributed by atoms with Crippen LogP contribution in [0.2, 0.25) is 5.02 Å². The molecule has 0 spiro atoms. The van der Waals surface area contributed by atoms with Gasteiger partial charge in [0.1, 0.15) is 0 Å². The van der Waals surface area contributed by atoms with Crippen LogP contribution < -0.4 is 11.5 Å². The summed E-state index contributed by atoms with van der Waals surface area (Å²) in [6.45, 7) is 0. The van der Waals surface area contributed by atoms with Crippen LogP contribution in [-0.4, -0.2) is 5.96 Å². The topological polar surface area (TPSA) is 64.4 Å². The van der Waals surface area contributed by atoms with Crippen molar-refractivity contribution in [2.75, 3.05) is 0 Å². The molecule has 0 saturated heterocycles. The van der Waals surface area contributed by atoms with E-state index in [0.717, 1.165) is 0 Å². The maximum absolute atomic E-state index is 5.68. The van der Waals surface area contributed by atoms with E-state index in [1.54, 1.807) is 24.3 Å².